The van der Waals surface area contributed by atoms with E-state index in [1.807, 2.05) is 4.68 Å². The molecule has 1 aliphatic rings. The normalized spacial score (nSPS) is 19.5. The second kappa shape index (κ2) is 6.23. The highest BCUT2D eigenvalue weighted by molar-refractivity contribution is 5.28. The monoisotopic (exact) mass is 251 g/mol. The van der Waals surface area contributed by atoms with Crippen LogP contribution in [0.4, 0.5) is 0 Å². The first-order valence-corrected chi connectivity index (χ1v) is 7.13. The molecule has 1 atom stereocenters. The Labute approximate surface area is 110 Å². The van der Waals surface area contributed by atoms with Crippen molar-refractivity contribution >= 4 is 0 Å². The number of hydrogen-bond acceptors (Lipinski definition) is 3. The molecule has 18 heavy (non-hydrogen) atoms. The summed E-state index contributed by atoms with van der Waals surface area (Å²) in [6, 6.07) is 0.0560. The van der Waals surface area contributed by atoms with Crippen molar-refractivity contribution in [2.24, 2.45) is 11.7 Å². The van der Waals surface area contributed by atoms with Crippen LogP contribution in [0.3, 0.4) is 0 Å². The number of rotatable bonds is 4. The van der Waals surface area contributed by atoms with Gasteiger partial charge >= 0.3 is 0 Å². The number of nitrogens with zero attached hydrogens (tertiary/aromatic N) is 2. The summed E-state index contributed by atoms with van der Waals surface area (Å²) in [5.41, 5.74) is 7.57. The van der Waals surface area contributed by atoms with Crippen LogP contribution in [0.25, 0.3) is 0 Å². The van der Waals surface area contributed by atoms with E-state index >= 15 is 0 Å². The quantitative estimate of drug-likeness (QED) is 0.837. The van der Waals surface area contributed by atoms with Crippen LogP contribution in [0.2, 0.25) is 0 Å². The van der Waals surface area contributed by atoms with Crippen LogP contribution >= 0.6 is 0 Å². The van der Waals surface area contributed by atoms with E-state index in [0.717, 1.165) is 18.0 Å². The van der Waals surface area contributed by atoms with E-state index in [0.29, 0.717) is 5.92 Å². The predicted octanol–water partition coefficient (Wildman–Crippen LogP) is 2.88. The van der Waals surface area contributed by atoms with Crippen molar-refractivity contribution in [2.45, 2.75) is 58.0 Å². The second-order valence-electron chi connectivity index (χ2n) is 5.19. The lowest BCUT2D eigenvalue weighted by molar-refractivity contribution is 0.343. The lowest BCUT2D eigenvalue weighted by Gasteiger charge is -2.23. The fourth-order valence-corrected chi connectivity index (χ4v) is 3.02. The minimum Gasteiger partial charge on any atom is -0.493 e. The standard InChI is InChI=1S/C14H25N3O/c1-3-17-14(12(18-2)10-16-17)13(15)11-8-6-4-5-7-9-11/h10-11,13H,3-9,15H2,1-2H3. The van der Waals surface area contributed by atoms with E-state index in [4.69, 9.17) is 10.5 Å². The third-order valence-corrected chi connectivity index (χ3v) is 4.09. The first-order valence-electron chi connectivity index (χ1n) is 7.13. The SMILES string of the molecule is CCn1ncc(OC)c1C(N)C1CCCCCC1. The molecule has 1 aliphatic carbocycles. The van der Waals surface area contributed by atoms with Crippen molar-refractivity contribution in [3.63, 3.8) is 0 Å². The average molecular weight is 251 g/mol. The van der Waals surface area contributed by atoms with Gasteiger partial charge in [-0.1, -0.05) is 25.7 Å². The highest BCUT2D eigenvalue weighted by atomic mass is 16.5. The summed E-state index contributed by atoms with van der Waals surface area (Å²) in [5, 5.41) is 4.36. The van der Waals surface area contributed by atoms with Crippen LogP contribution in [0.1, 0.15) is 57.2 Å². The smallest absolute Gasteiger partial charge is 0.161 e. The van der Waals surface area contributed by atoms with Gasteiger partial charge in [-0.2, -0.15) is 5.10 Å². The minimum atomic E-state index is 0.0560. The van der Waals surface area contributed by atoms with Crippen LogP contribution in [0, 0.1) is 5.92 Å². The molecule has 0 radical (unpaired) electrons. The Kier molecular flexibility index (Phi) is 4.64. The van der Waals surface area contributed by atoms with Gasteiger partial charge in [0, 0.05) is 6.54 Å². The summed E-state index contributed by atoms with van der Waals surface area (Å²) < 4.78 is 7.39. The molecule has 4 nitrogen and oxygen atoms in total. The van der Waals surface area contributed by atoms with Gasteiger partial charge in [-0.3, -0.25) is 4.68 Å². The number of aromatic nitrogens is 2. The Bertz CT molecular complexity index is 346. The molecule has 0 aliphatic heterocycles. The van der Waals surface area contributed by atoms with Gasteiger partial charge in [-0.25, -0.2) is 0 Å². The van der Waals surface area contributed by atoms with Gasteiger partial charge in [0.2, 0.25) is 0 Å². The minimum absolute atomic E-state index is 0.0560. The molecule has 1 aromatic heterocycles. The third-order valence-electron chi connectivity index (χ3n) is 4.09. The van der Waals surface area contributed by atoms with Crippen molar-refractivity contribution < 1.29 is 4.74 Å². The van der Waals surface area contributed by atoms with E-state index in [-0.39, 0.29) is 6.04 Å². The summed E-state index contributed by atoms with van der Waals surface area (Å²) in [6.45, 7) is 2.94. The number of methoxy groups -OCH3 is 1. The van der Waals surface area contributed by atoms with E-state index in [1.165, 1.54) is 38.5 Å². The Morgan fingerprint density at radius 3 is 2.61 bits per heavy atom. The summed E-state index contributed by atoms with van der Waals surface area (Å²) in [7, 11) is 1.69. The molecule has 0 aromatic carbocycles. The molecule has 1 fully saturated rings. The molecule has 1 aromatic rings. The van der Waals surface area contributed by atoms with E-state index in [2.05, 4.69) is 12.0 Å². The Hall–Kier alpha value is -1.03. The average Bonchev–Trinajstić information content (AvgIpc) is 2.62. The van der Waals surface area contributed by atoms with Crippen LogP contribution in [0.5, 0.6) is 5.75 Å². The van der Waals surface area contributed by atoms with Gasteiger partial charge in [0.1, 0.15) is 0 Å². The highest BCUT2D eigenvalue weighted by Crippen LogP contribution is 2.35. The maximum absolute atomic E-state index is 6.50. The van der Waals surface area contributed by atoms with Crippen LogP contribution in [-0.2, 0) is 6.54 Å². The molecule has 2 N–H and O–H groups in total. The van der Waals surface area contributed by atoms with E-state index in [1.54, 1.807) is 13.3 Å². The summed E-state index contributed by atoms with van der Waals surface area (Å²) in [4.78, 5) is 0. The lowest BCUT2D eigenvalue weighted by atomic mass is 9.90. The Balaban J connectivity index is 2.20. The maximum atomic E-state index is 6.50. The van der Waals surface area contributed by atoms with Crippen LogP contribution < -0.4 is 10.5 Å². The van der Waals surface area contributed by atoms with Crippen LogP contribution in [-0.4, -0.2) is 16.9 Å². The molecule has 4 heteroatoms. The second-order valence-corrected chi connectivity index (χ2v) is 5.19. The summed E-state index contributed by atoms with van der Waals surface area (Å²) >= 11 is 0. The molecule has 0 bridgehead atoms. The lowest BCUT2D eigenvalue weighted by Crippen LogP contribution is -2.24. The molecule has 0 saturated heterocycles. The van der Waals surface area contributed by atoms with Crippen LogP contribution in [0.15, 0.2) is 6.20 Å². The van der Waals surface area contributed by atoms with Gasteiger partial charge in [-0.05, 0) is 25.7 Å². The van der Waals surface area contributed by atoms with E-state index < -0.39 is 0 Å². The number of hydrogen-bond donors (Lipinski definition) is 1. The first kappa shape index (κ1) is 13.4. The molecule has 1 unspecified atom stereocenters. The summed E-state index contributed by atoms with van der Waals surface area (Å²) in [5.74, 6) is 1.41. The van der Waals surface area contributed by atoms with Gasteiger partial charge in [-0.15, -0.1) is 0 Å². The maximum Gasteiger partial charge on any atom is 0.161 e. The number of nitrogens with two attached hydrogens (primary N) is 1. The fraction of sp³-hybridized carbons (Fsp3) is 0.786. The largest absolute Gasteiger partial charge is 0.493 e. The van der Waals surface area contributed by atoms with E-state index in [9.17, 15) is 0 Å². The molecule has 1 heterocycles. The van der Waals surface area contributed by atoms with Gasteiger partial charge < -0.3 is 10.5 Å². The zero-order valence-electron chi connectivity index (χ0n) is 11.6. The number of ether oxygens (including phenoxy) is 1. The predicted molar refractivity (Wildman–Crippen MR) is 72.6 cm³/mol. The molecule has 102 valence electrons. The summed E-state index contributed by atoms with van der Waals surface area (Å²) in [6.07, 6.45) is 9.58. The third kappa shape index (κ3) is 2.69. The van der Waals surface area contributed by atoms with Gasteiger partial charge in [0.05, 0.1) is 25.0 Å². The molecule has 2 rings (SSSR count). The van der Waals surface area contributed by atoms with Crippen molar-refractivity contribution in [2.75, 3.05) is 7.11 Å². The Morgan fingerprint density at radius 2 is 2.06 bits per heavy atom. The first-order chi connectivity index (χ1) is 8.77. The fourth-order valence-electron chi connectivity index (χ4n) is 3.02. The molecule has 1 saturated carbocycles. The van der Waals surface area contributed by atoms with Crippen molar-refractivity contribution in [3.8, 4) is 5.75 Å². The number of aryl methyl sites for hydroxylation is 1. The molecular formula is C14H25N3O. The van der Waals surface area contributed by atoms with Crippen molar-refractivity contribution in [3.05, 3.63) is 11.9 Å². The molecular weight excluding hydrogens is 226 g/mol. The van der Waals surface area contributed by atoms with Gasteiger partial charge in [0.25, 0.3) is 0 Å². The molecule has 0 spiro atoms. The molecule has 0 amide bonds. The topological polar surface area (TPSA) is 53.1 Å². The van der Waals surface area contributed by atoms with Crippen molar-refractivity contribution in [1.82, 2.24) is 9.78 Å². The van der Waals surface area contributed by atoms with Gasteiger partial charge in [0.15, 0.2) is 5.75 Å². The van der Waals surface area contributed by atoms with Crippen molar-refractivity contribution in [1.29, 1.82) is 0 Å². The zero-order valence-corrected chi connectivity index (χ0v) is 11.6. The zero-order chi connectivity index (χ0) is 13.0. The highest BCUT2D eigenvalue weighted by Gasteiger charge is 2.26. The Morgan fingerprint density at radius 1 is 1.39 bits per heavy atom.